The van der Waals surface area contributed by atoms with Gasteiger partial charge in [-0.3, -0.25) is 0 Å². The minimum absolute atomic E-state index is 0.0513. The first-order valence-corrected chi connectivity index (χ1v) is 7.72. The van der Waals surface area contributed by atoms with Crippen LogP contribution in [0.3, 0.4) is 0 Å². The molecule has 2 N–H and O–H groups in total. The van der Waals surface area contributed by atoms with Crippen molar-refractivity contribution in [3.05, 3.63) is 64.3 Å². The molecule has 0 saturated carbocycles. The van der Waals surface area contributed by atoms with Gasteiger partial charge in [0.2, 0.25) is 5.69 Å². The van der Waals surface area contributed by atoms with E-state index in [4.69, 9.17) is 26.2 Å². The molecule has 3 aromatic rings. The zero-order valence-electron chi connectivity index (χ0n) is 13.5. The fourth-order valence-corrected chi connectivity index (χ4v) is 2.33. The molecule has 1 heterocycles. The van der Waals surface area contributed by atoms with E-state index in [9.17, 15) is 4.79 Å². The highest BCUT2D eigenvalue weighted by Crippen LogP contribution is 2.25. The van der Waals surface area contributed by atoms with Gasteiger partial charge < -0.3 is 14.6 Å². The Morgan fingerprint density at radius 2 is 1.96 bits per heavy atom. The first kappa shape index (κ1) is 17.3. The summed E-state index contributed by atoms with van der Waals surface area (Å²) in [5, 5.41) is 18.8. The van der Waals surface area contributed by atoms with Gasteiger partial charge in [-0.2, -0.15) is 0 Å². The molecule has 0 saturated heterocycles. The van der Waals surface area contributed by atoms with Crippen LogP contribution in [-0.4, -0.2) is 33.6 Å². The molecule has 26 heavy (non-hydrogen) atoms. The Kier molecular flexibility index (Phi) is 5.06. The molecule has 0 fully saturated rings. The van der Waals surface area contributed by atoms with E-state index in [0.29, 0.717) is 22.1 Å². The number of benzene rings is 2. The Morgan fingerprint density at radius 3 is 2.65 bits per heavy atom. The van der Waals surface area contributed by atoms with Gasteiger partial charge in [-0.05, 0) is 36.4 Å². The van der Waals surface area contributed by atoms with Crippen molar-refractivity contribution in [2.24, 2.45) is 0 Å². The molecule has 0 radical (unpaired) electrons. The number of rotatable bonds is 4. The number of nitrogens with zero attached hydrogens (tertiary/aromatic N) is 2. The van der Waals surface area contributed by atoms with Crippen LogP contribution in [0.25, 0.3) is 0 Å². The molecule has 0 atom stereocenters. The van der Waals surface area contributed by atoms with Gasteiger partial charge in [0.15, 0.2) is 0 Å². The van der Waals surface area contributed by atoms with Crippen LogP contribution in [-0.2, 0) is 0 Å². The lowest BCUT2D eigenvalue weighted by Gasteiger charge is -2.03. The number of hydrogen-bond acceptors (Lipinski definition) is 5. The molecule has 7 nitrogen and oxygen atoms in total. The van der Waals surface area contributed by atoms with Crippen LogP contribution in [0.2, 0.25) is 5.02 Å². The number of aromatic amines is 1. The smallest absolute Gasteiger partial charge is 0.362 e. The summed E-state index contributed by atoms with van der Waals surface area (Å²) in [7, 11) is 1.54. The molecule has 3 rings (SSSR count). The van der Waals surface area contributed by atoms with E-state index in [1.807, 2.05) is 0 Å². The lowest BCUT2D eigenvalue weighted by Crippen LogP contribution is -1.99. The van der Waals surface area contributed by atoms with Gasteiger partial charge in [-0.1, -0.05) is 34.7 Å². The van der Waals surface area contributed by atoms with Crippen LogP contribution in [0.4, 0.5) is 0 Å². The maximum atomic E-state index is 11.0. The molecule has 0 amide bonds. The minimum atomic E-state index is -1.24. The number of aromatic nitrogens is 3. The molecule has 0 aliphatic carbocycles. The van der Waals surface area contributed by atoms with Gasteiger partial charge in [0.05, 0.1) is 12.1 Å². The number of H-pyrrole nitrogens is 1. The van der Waals surface area contributed by atoms with Crippen molar-refractivity contribution in [3.63, 3.8) is 0 Å². The summed E-state index contributed by atoms with van der Waals surface area (Å²) < 4.78 is 10.6. The van der Waals surface area contributed by atoms with Gasteiger partial charge in [-0.25, -0.2) is 9.89 Å². The van der Waals surface area contributed by atoms with E-state index in [1.165, 1.54) is 0 Å². The minimum Gasteiger partial charge on any atom is -0.495 e. The van der Waals surface area contributed by atoms with Crippen LogP contribution < -0.4 is 9.47 Å². The number of ether oxygens (including phenoxy) is 2. The maximum absolute atomic E-state index is 11.0. The van der Waals surface area contributed by atoms with Gasteiger partial charge in [0.1, 0.15) is 11.5 Å². The zero-order valence-corrected chi connectivity index (χ0v) is 14.2. The van der Waals surface area contributed by atoms with Crippen LogP contribution >= 0.6 is 11.6 Å². The van der Waals surface area contributed by atoms with Crippen LogP contribution in [0.5, 0.6) is 17.4 Å². The molecular formula is C18H12ClN3O4. The monoisotopic (exact) mass is 369 g/mol. The summed E-state index contributed by atoms with van der Waals surface area (Å²) in [6, 6.07) is 12.1. The predicted octanol–water partition coefficient (Wildman–Crippen LogP) is 3.36. The van der Waals surface area contributed by atoms with Crippen molar-refractivity contribution in [1.82, 2.24) is 15.4 Å². The normalized spacial score (nSPS) is 9.92. The average Bonchev–Trinajstić information content (AvgIpc) is 3.09. The Bertz CT molecular complexity index is 1020. The summed E-state index contributed by atoms with van der Waals surface area (Å²) in [5.41, 5.74) is 1.11. The van der Waals surface area contributed by atoms with Crippen LogP contribution in [0.15, 0.2) is 42.5 Å². The highest BCUT2D eigenvalue weighted by Gasteiger charge is 2.16. The third kappa shape index (κ3) is 3.94. The summed E-state index contributed by atoms with van der Waals surface area (Å²) in [5.74, 6) is 5.69. The highest BCUT2D eigenvalue weighted by molar-refractivity contribution is 6.32. The summed E-state index contributed by atoms with van der Waals surface area (Å²) >= 11 is 6.08. The molecule has 0 aliphatic rings. The van der Waals surface area contributed by atoms with Crippen molar-refractivity contribution >= 4 is 17.6 Å². The lowest BCUT2D eigenvalue weighted by atomic mass is 10.1. The fourth-order valence-electron chi connectivity index (χ4n) is 2.07. The van der Waals surface area contributed by atoms with Gasteiger partial charge in [-0.15, -0.1) is 5.10 Å². The molecule has 8 heteroatoms. The molecule has 0 unspecified atom stereocenters. The quantitative estimate of drug-likeness (QED) is 0.684. The second-order valence-electron chi connectivity index (χ2n) is 5.02. The lowest BCUT2D eigenvalue weighted by molar-refractivity contribution is 0.0687. The van der Waals surface area contributed by atoms with Crippen molar-refractivity contribution < 1.29 is 19.4 Å². The summed E-state index contributed by atoms with van der Waals surface area (Å²) in [6.07, 6.45) is 0. The molecule has 1 aromatic heterocycles. The second kappa shape index (κ2) is 7.59. The third-order valence-electron chi connectivity index (χ3n) is 3.28. The first-order valence-electron chi connectivity index (χ1n) is 7.34. The van der Waals surface area contributed by atoms with Crippen LogP contribution in [0, 0.1) is 11.8 Å². The van der Waals surface area contributed by atoms with Gasteiger partial charge in [0.25, 0.3) is 5.88 Å². The average molecular weight is 370 g/mol. The van der Waals surface area contributed by atoms with Crippen molar-refractivity contribution in [2.75, 3.05) is 7.11 Å². The Morgan fingerprint density at radius 1 is 1.19 bits per heavy atom. The van der Waals surface area contributed by atoms with E-state index in [0.717, 1.165) is 5.56 Å². The highest BCUT2D eigenvalue weighted by atomic mass is 35.5. The summed E-state index contributed by atoms with van der Waals surface area (Å²) in [4.78, 5) is 11.0. The zero-order chi connectivity index (χ0) is 18.5. The molecular weight excluding hydrogens is 358 g/mol. The van der Waals surface area contributed by atoms with Crippen LogP contribution in [0.1, 0.15) is 21.6 Å². The Labute approximate surface area is 153 Å². The van der Waals surface area contributed by atoms with E-state index in [2.05, 4.69) is 27.3 Å². The number of carbonyl (C=O) groups is 1. The topological polar surface area (TPSA) is 97.3 Å². The first-order chi connectivity index (χ1) is 12.6. The number of halogens is 1. The van der Waals surface area contributed by atoms with E-state index in [-0.39, 0.29) is 11.6 Å². The largest absolute Gasteiger partial charge is 0.495 e. The number of methoxy groups -OCH3 is 1. The second-order valence-corrected chi connectivity index (χ2v) is 5.43. The molecule has 0 aliphatic heterocycles. The van der Waals surface area contributed by atoms with E-state index in [1.54, 1.807) is 49.6 Å². The Hall–Kier alpha value is -3.50. The van der Waals surface area contributed by atoms with Crippen molar-refractivity contribution in [1.29, 1.82) is 0 Å². The number of carboxylic acid groups (broad SMARTS) is 1. The fraction of sp³-hybridized carbons (Fsp3) is 0.0556. The number of hydrogen-bond donors (Lipinski definition) is 2. The standard InChI is InChI=1S/C18H12ClN3O4/c1-25-15-8-7-12(10-14(15)19)6-5-11-3-2-4-13(9-11)26-17-16(18(23)24)20-22-21-17/h2-4,7-10H,1H3,(H,23,24)(H,20,21,22). The van der Waals surface area contributed by atoms with E-state index < -0.39 is 5.97 Å². The number of nitrogens with one attached hydrogen (secondary N) is 1. The van der Waals surface area contributed by atoms with Crippen molar-refractivity contribution in [3.8, 4) is 29.2 Å². The number of carboxylic acids is 1. The molecule has 0 bridgehead atoms. The Balaban J connectivity index is 1.81. The molecule has 0 spiro atoms. The van der Waals surface area contributed by atoms with Crippen molar-refractivity contribution in [2.45, 2.75) is 0 Å². The number of aromatic carboxylic acids is 1. The summed E-state index contributed by atoms with van der Waals surface area (Å²) in [6.45, 7) is 0. The third-order valence-corrected chi connectivity index (χ3v) is 3.57. The predicted molar refractivity (Wildman–Crippen MR) is 93.8 cm³/mol. The van der Waals surface area contributed by atoms with Gasteiger partial charge in [0, 0.05) is 11.1 Å². The van der Waals surface area contributed by atoms with Gasteiger partial charge >= 0.3 is 5.97 Å². The molecule has 2 aromatic carbocycles. The maximum Gasteiger partial charge on any atom is 0.362 e. The van der Waals surface area contributed by atoms with E-state index >= 15 is 0 Å². The molecule has 130 valence electrons. The SMILES string of the molecule is COc1ccc(C#Cc2cccc(Oc3[nH]nnc3C(=O)O)c2)cc1Cl.